The van der Waals surface area contributed by atoms with E-state index in [1.807, 2.05) is 30.3 Å². The van der Waals surface area contributed by atoms with Crippen molar-refractivity contribution in [2.75, 3.05) is 20.2 Å². The highest BCUT2D eigenvalue weighted by molar-refractivity contribution is 5.84. The molecule has 5 heteroatoms. The maximum absolute atomic E-state index is 11.9. The largest absolute Gasteiger partial charge is 0.464 e. The molecule has 1 aromatic rings. The van der Waals surface area contributed by atoms with Gasteiger partial charge in [-0.3, -0.25) is 4.79 Å². The van der Waals surface area contributed by atoms with Crippen molar-refractivity contribution in [1.29, 1.82) is 0 Å². The molecule has 1 rings (SSSR count). The Hall–Kier alpha value is -1.88. The zero-order valence-corrected chi connectivity index (χ0v) is 12.0. The van der Waals surface area contributed by atoms with Gasteiger partial charge in [-0.2, -0.15) is 0 Å². The lowest BCUT2D eigenvalue weighted by Crippen LogP contribution is -2.44. The Labute approximate surface area is 119 Å². The Balaban J connectivity index is 2.65. The summed E-state index contributed by atoms with van der Waals surface area (Å²) >= 11 is 0. The number of esters is 1. The average Bonchev–Trinajstić information content (AvgIpc) is 2.46. The molecule has 0 radical (unpaired) electrons. The summed E-state index contributed by atoms with van der Waals surface area (Å²) in [6.45, 7) is 2.63. The lowest BCUT2D eigenvalue weighted by Gasteiger charge is -2.17. The average molecular weight is 278 g/mol. The van der Waals surface area contributed by atoms with Crippen LogP contribution in [0, 0.1) is 0 Å². The van der Waals surface area contributed by atoms with Crippen molar-refractivity contribution in [2.24, 2.45) is 0 Å². The Morgan fingerprint density at radius 1 is 1.25 bits per heavy atom. The molecule has 0 aliphatic heterocycles. The molecule has 0 aliphatic rings. The molecule has 1 atom stereocenters. The number of hydrogen-bond acceptors (Lipinski definition) is 4. The maximum atomic E-state index is 11.9. The molecule has 5 nitrogen and oxygen atoms in total. The number of rotatable bonds is 8. The van der Waals surface area contributed by atoms with Crippen molar-refractivity contribution >= 4 is 11.9 Å². The monoisotopic (exact) mass is 278 g/mol. The minimum Gasteiger partial charge on any atom is -0.464 e. The summed E-state index contributed by atoms with van der Waals surface area (Å²) in [4.78, 5) is 23.7. The first-order valence-electron chi connectivity index (χ1n) is 6.82. The Morgan fingerprint density at radius 3 is 2.55 bits per heavy atom. The Bertz CT molecular complexity index is 420. The standard InChI is InChI=1S/C15H22N2O3/c1-3-20-15(19)13(17-14(18)9-10-16-2)11-12-7-5-4-6-8-12/h4-8,13,16H,3,9-11H2,1-2H3,(H,17,18). The summed E-state index contributed by atoms with van der Waals surface area (Å²) in [5, 5.41) is 5.63. The molecule has 1 aromatic carbocycles. The highest BCUT2D eigenvalue weighted by Gasteiger charge is 2.22. The number of ether oxygens (including phenoxy) is 1. The summed E-state index contributed by atoms with van der Waals surface area (Å²) < 4.78 is 5.01. The van der Waals surface area contributed by atoms with Gasteiger partial charge in [0.25, 0.3) is 0 Å². The number of carbonyl (C=O) groups excluding carboxylic acids is 2. The van der Waals surface area contributed by atoms with Gasteiger partial charge in [0.05, 0.1) is 6.61 Å². The zero-order valence-electron chi connectivity index (χ0n) is 12.0. The van der Waals surface area contributed by atoms with Crippen LogP contribution in [0.4, 0.5) is 0 Å². The molecule has 1 unspecified atom stereocenters. The van der Waals surface area contributed by atoms with Gasteiger partial charge in [0, 0.05) is 19.4 Å². The molecule has 2 N–H and O–H groups in total. The second kappa shape index (κ2) is 9.09. The van der Waals surface area contributed by atoms with E-state index in [1.54, 1.807) is 14.0 Å². The Morgan fingerprint density at radius 2 is 1.95 bits per heavy atom. The lowest BCUT2D eigenvalue weighted by molar-refractivity contribution is -0.147. The first kappa shape index (κ1) is 16.2. The van der Waals surface area contributed by atoms with Crippen LogP contribution in [-0.4, -0.2) is 38.1 Å². The molecule has 20 heavy (non-hydrogen) atoms. The molecule has 0 heterocycles. The number of benzene rings is 1. The molecular formula is C15H22N2O3. The minimum absolute atomic E-state index is 0.159. The van der Waals surface area contributed by atoms with Gasteiger partial charge in [0.15, 0.2) is 0 Å². The Kier molecular flexibility index (Phi) is 7.35. The normalized spacial score (nSPS) is 11.7. The smallest absolute Gasteiger partial charge is 0.328 e. The van der Waals surface area contributed by atoms with Gasteiger partial charge in [0.2, 0.25) is 5.91 Å². The van der Waals surface area contributed by atoms with Crippen molar-refractivity contribution in [1.82, 2.24) is 10.6 Å². The first-order valence-corrected chi connectivity index (χ1v) is 6.82. The van der Waals surface area contributed by atoms with E-state index in [9.17, 15) is 9.59 Å². The van der Waals surface area contributed by atoms with Crippen LogP contribution >= 0.6 is 0 Å². The molecule has 110 valence electrons. The predicted octanol–water partition coefficient (Wildman–Crippen LogP) is 0.886. The summed E-state index contributed by atoms with van der Waals surface area (Å²) in [5.41, 5.74) is 0.986. The fourth-order valence-corrected chi connectivity index (χ4v) is 1.79. The SMILES string of the molecule is CCOC(=O)C(Cc1ccccc1)NC(=O)CCNC. The topological polar surface area (TPSA) is 67.4 Å². The highest BCUT2D eigenvalue weighted by Crippen LogP contribution is 2.05. The van der Waals surface area contributed by atoms with Crippen LogP contribution in [0.15, 0.2) is 30.3 Å². The molecule has 0 aliphatic carbocycles. The van der Waals surface area contributed by atoms with Crippen LogP contribution in [-0.2, 0) is 20.7 Å². The first-order chi connectivity index (χ1) is 9.67. The van der Waals surface area contributed by atoms with E-state index in [2.05, 4.69) is 10.6 Å². The molecule has 0 aromatic heterocycles. The van der Waals surface area contributed by atoms with Crippen LogP contribution in [0.5, 0.6) is 0 Å². The van der Waals surface area contributed by atoms with Crippen LogP contribution in [0.25, 0.3) is 0 Å². The predicted molar refractivity (Wildman–Crippen MR) is 77.3 cm³/mol. The van der Waals surface area contributed by atoms with E-state index >= 15 is 0 Å². The summed E-state index contributed by atoms with van der Waals surface area (Å²) in [6.07, 6.45) is 0.770. The van der Waals surface area contributed by atoms with Gasteiger partial charge >= 0.3 is 5.97 Å². The molecule has 0 fully saturated rings. The van der Waals surface area contributed by atoms with Crippen molar-refractivity contribution in [2.45, 2.75) is 25.8 Å². The fraction of sp³-hybridized carbons (Fsp3) is 0.467. The third kappa shape index (κ3) is 5.84. The number of nitrogens with one attached hydrogen (secondary N) is 2. The van der Waals surface area contributed by atoms with E-state index in [0.29, 0.717) is 26.0 Å². The fourth-order valence-electron chi connectivity index (χ4n) is 1.79. The van der Waals surface area contributed by atoms with Crippen LogP contribution in [0.2, 0.25) is 0 Å². The summed E-state index contributed by atoms with van der Waals surface area (Å²) in [6, 6.07) is 8.93. The van der Waals surface area contributed by atoms with Crippen molar-refractivity contribution in [3.8, 4) is 0 Å². The third-order valence-corrected chi connectivity index (χ3v) is 2.79. The van der Waals surface area contributed by atoms with Gasteiger partial charge < -0.3 is 15.4 Å². The van der Waals surface area contributed by atoms with Gasteiger partial charge in [-0.05, 0) is 19.5 Å². The van der Waals surface area contributed by atoms with Crippen molar-refractivity contribution in [3.63, 3.8) is 0 Å². The van der Waals surface area contributed by atoms with Crippen LogP contribution in [0.3, 0.4) is 0 Å². The summed E-state index contributed by atoms with van der Waals surface area (Å²) in [5.74, 6) is -0.553. The van der Waals surface area contributed by atoms with Gasteiger partial charge in [-0.15, -0.1) is 0 Å². The van der Waals surface area contributed by atoms with Crippen molar-refractivity contribution in [3.05, 3.63) is 35.9 Å². The second-order valence-electron chi connectivity index (χ2n) is 4.42. The molecule has 0 saturated carbocycles. The quantitative estimate of drug-likeness (QED) is 0.693. The number of carbonyl (C=O) groups is 2. The molecule has 1 amide bonds. The van der Waals surface area contributed by atoms with Gasteiger partial charge in [-0.25, -0.2) is 4.79 Å². The highest BCUT2D eigenvalue weighted by atomic mass is 16.5. The number of hydrogen-bond donors (Lipinski definition) is 2. The minimum atomic E-state index is -0.637. The zero-order chi connectivity index (χ0) is 14.8. The van der Waals surface area contributed by atoms with E-state index in [-0.39, 0.29) is 5.91 Å². The number of amides is 1. The van der Waals surface area contributed by atoms with Crippen LogP contribution in [0.1, 0.15) is 18.9 Å². The molecule has 0 saturated heterocycles. The van der Waals surface area contributed by atoms with Gasteiger partial charge in [-0.1, -0.05) is 30.3 Å². The molecule has 0 bridgehead atoms. The van der Waals surface area contributed by atoms with E-state index in [0.717, 1.165) is 5.56 Å². The molecular weight excluding hydrogens is 256 g/mol. The lowest BCUT2D eigenvalue weighted by atomic mass is 10.1. The van der Waals surface area contributed by atoms with Gasteiger partial charge in [0.1, 0.15) is 6.04 Å². The van der Waals surface area contributed by atoms with Crippen LogP contribution < -0.4 is 10.6 Å². The third-order valence-electron chi connectivity index (χ3n) is 2.79. The maximum Gasteiger partial charge on any atom is 0.328 e. The second-order valence-corrected chi connectivity index (χ2v) is 4.42. The molecule has 0 spiro atoms. The van der Waals surface area contributed by atoms with E-state index < -0.39 is 12.0 Å². The summed E-state index contributed by atoms with van der Waals surface area (Å²) in [7, 11) is 1.78. The van der Waals surface area contributed by atoms with E-state index in [4.69, 9.17) is 4.74 Å². The van der Waals surface area contributed by atoms with E-state index in [1.165, 1.54) is 0 Å². The van der Waals surface area contributed by atoms with Crippen molar-refractivity contribution < 1.29 is 14.3 Å².